The van der Waals surface area contributed by atoms with Crippen molar-refractivity contribution in [2.45, 2.75) is 0 Å². The van der Waals surface area contributed by atoms with Gasteiger partial charge in [-0.05, 0) is 12.1 Å². The highest BCUT2D eigenvalue weighted by atomic mass is 15.3. The number of H-pyrrole nitrogens is 1. The van der Waals surface area contributed by atoms with Crippen molar-refractivity contribution in [1.29, 1.82) is 0 Å². The van der Waals surface area contributed by atoms with Gasteiger partial charge in [0, 0.05) is 21.7 Å². The summed E-state index contributed by atoms with van der Waals surface area (Å²) in [5.41, 5.74) is 5.10. The molecule has 4 heteroatoms. The molecule has 0 amide bonds. The molecule has 0 bridgehead atoms. The number of aromatic nitrogens is 3. The van der Waals surface area contributed by atoms with Gasteiger partial charge in [0.15, 0.2) is 0 Å². The van der Waals surface area contributed by atoms with Crippen LogP contribution in [0.15, 0.2) is 54.7 Å². The van der Waals surface area contributed by atoms with Crippen LogP contribution >= 0.6 is 0 Å². The molecule has 0 atom stereocenters. The number of hydrogen-bond acceptors (Lipinski definition) is 2. The zero-order valence-corrected chi connectivity index (χ0v) is 11.2. The first-order valence-electron chi connectivity index (χ1n) is 6.88. The highest BCUT2D eigenvalue weighted by Gasteiger charge is 2.15. The average molecular weight is 272 g/mol. The first kappa shape index (κ1) is 10.7. The molecule has 0 aliphatic heterocycles. The largest absolute Gasteiger partial charge is 0.353 e. The van der Waals surface area contributed by atoms with Gasteiger partial charge in [0.2, 0.25) is 0 Å². The molecule has 0 unspecified atom stereocenters. The normalized spacial score (nSPS) is 12.0. The molecule has 2 aromatic carbocycles. The fraction of sp³-hybridized carbons (Fsp3) is 0. The third-order valence-electron chi connectivity index (χ3n) is 4.19. The van der Waals surface area contributed by atoms with Crippen molar-refractivity contribution in [3.63, 3.8) is 0 Å². The summed E-state index contributed by atoms with van der Waals surface area (Å²) < 4.78 is 1.71. The Hall–Kier alpha value is -3.01. The van der Waals surface area contributed by atoms with Gasteiger partial charge in [-0.15, -0.1) is 0 Å². The van der Waals surface area contributed by atoms with E-state index in [4.69, 9.17) is 5.84 Å². The topological polar surface area (TPSA) is 59.6 Å². The second-order valence-corrected chi connectivity index (χ2v) is 5.30. The van der Waals surface area contributed by atoms with Gasteiger partial charge >= 0.3 is 0 Å². The molecule has 3 heterocycles. The zero-order chi connectivity index (χ0) is 14.0. The molecule has 0 fully saturated rings. The third kappa shape index (κ3) is 1.22. The Kier molecular flexibility index (Phi) is 1.81. The minimum Gasteiger partial charge on any atom is -0.353 e. The molecule has 0 aliphatic rings. The van der Waals surface area contributed by atoms with Gasteiger partial charge in [-0.25, -0.2) is 0 Å². The van der Waals surface area contributed by atoms with E-state index in [0.717, 1.165) is 43.7 Å². The van der Waals surface area contributed by atoms with Crippen LogP contribution in [0.25, 0.3) is 43.7 Å². The van der Waals surface area contributed by atoms with Crippen molar-refractivity contribution in [1.82, 2.24) is 14.6 Å². The smallest absolute Gasteiger partial charge is 0.0965 e. The predicted octanol–water partition coefficient (Wildman–Crippen LogP) is 3.54. The molecule has 0 radical (unpaired) electrons. The number of nitrogens with zero attached hydrogens (tertiary/aromatic N) is 2. The maximum atomic E-state index is 6.22. The molecule has 0 spiro atoms. The maximum Gasteiger partial charge on any atom is 0.0965 e. The van der Waals surface area contributed by atoms with E-state index in [2.05, 4.69) is 28.2 Å². The summed E-state index contributed by atoms with van der Waals surface area (Å²) in [5.74, 6) is 6.22. The molecule has 0 saturated heterocycles. The van der Waals surface area contributed by atoms with Crippen LogP contribution in [0.1, 0.15) is 0 Å². The number of nitrogen functional groups attached to an aromatic ring is 1. The number of hydrogen-bond donors (Lipinski definition) is 2. The number of fused-ring (bicyclic) bond motifs is 7. The lowest BCUT2D eigenvalue weighted by atomic mass is 10.1. The lowest BCUT2D eigenvalue weighted by Gasteiger charge is -1.97. The molecular formula is C17H12N4. The summed E-state index contributed by atoms with van der Waals surface area (Å²) in [5, 5.41) is 3.42. The Balaban J connectivity index is 2.16. The summed E-state index contributed by atoms with van der Waals surface area (Å²) in [6.07, 6.45) is 1.86. The zero-order valence-electron chi connectivity index (χ0n) is 11.2. The van der Waals surface area contributed by atoms with Crippen LogP contribution in [-0.2, 0) is 0 Å². The van der Waals surface area contributed by atoms with Crippen molar-refractivity contribution >= 4 is 43.7 Å². The van der Waals surface area contributed by atoms with E-state index >= 15 is 0 Å². The molecule has 5 rings (SSSR count). The van der Waals surface area contributed by atoms with Crippen LogP contribution in [0.4, 0.5) is 0 Å². The monoisotopic (exact) mass is 272 g/mol. The molecule has 0 saturated carbocycles. The minimum absolute atomic E-state index is 0.940. The molecule has 5 aromatic rings. The summed E-state index contributed by atoms with van der Waals surface area (Å²) in [6.45, 7) is 0. The number of pyridine rings is 1. The summed E-state index contributed by atoms with van der Waals surface area (Å²) in [6, 6.07) is 16.4. The number of nitrogens with two attached hydrogens (primary N) is 1. The first-order valence-corrected chi connectivity index (χ1v) is 6.88. The highest BCUT2D eigenvalue weighted by Crippen LogP contribution is 2.34. The Morgan fingerprint density at radius 3 is 2.57 bits per heavy atom. The highest BCUT2D eigenvalue weighted by molar-refractivity contribution is 6.23. The van der Waals surface area contributed by atoms with E-state index in [1.54, 1.807) is 4.68 Å². The summed E-state index contributed by atoms with van der Waals surface area (Å²) in [4.78, 5) is 8.12. The SMILES string of the molecule is Nn1c2ccccc2c2c3[nH]c4ccccc4c3ncc21. The van der Waals surface area contributed by atoms with Crippen LogP contribution in [0, 0.1) is 0 Å². The molecule has 21 heavy (non-hydrogen) atoms. The lowest BCUT2D eigenvalue weighted by Crippen LogP contribution is -2.06. The van der Waals surface area contributed by atoms with Gasteiger partial charge in [0.1, 0.15) is 0 Å². The Morgan fingerprint density at radius 1 is 0.905 bits per heavy atom. The third-order valence-corrected chi connectivity index (χ3v) is 4.19. The minimum atomic E-state index is 0.940. The van der Waals surface area contributed by atoms with Crippen molar-refractivity contribution in [3.8, 4) is 0 Å². The van der Waals surface area contributed by atoms with Crippen LogP contribution < -0.4 is 5.84 Å². The van der Waals surface area contributed by atoms with Gasteiger partial charge in [-0.2, -0.15) is 0 Å². The van der Waals surface area contributed by atoms with Crippen LogP contribution in [0.3, 0.4) is 0 Å². The fourth-order valence-electron chi connectivity index (χ4n) is 3.24. The standard InChI is InChI=1S/C17H12N4/c18-21-13-8-4-2-6-11(13)15-14(21)9-19-16-10-5-1-3-7-12(10)20-17(15)16/h1-9,20H,18H2. The second-order valence-electron chi connectivity index (χ2n) is 5.30. The van der Waals surface area contributed by atoms with E-state index in [0.29, 0.717) is 0 Å². The van der Waals surface area contributed by atoms with Gasteiger partial charge in [0.05, 0.1) is 28.3 Å². The molecule has 3 N–H and O–H groups in total. The van der Waals surface area contributed by atoms with Crippen molar-refractivity contribution in [2.24, 2.45) is 0 Å². The second kappa shape index (κ2) is 3.55. The quantitative estimate of drug-likeness (QED) is 0.424. The number of nitrogens with one attached hydrogen (secondary N) is 1. The fourth-order valence-corrected chi connectivity index (χ4v) is 3.24. The van der Waals surface area contributed by atoms with Gasteiger partial charge < -0.3 is 10.8 Å². The molecule has 3 aromatic heterocycles. The molecule has 4 nitrogen and oxygen atoms in total. The van der Waals surface area contributed by atoms with Crippen molar-refractivity contribution in [2.75, 3.05) is 5.84 Å². The Labute approximate surface area is 119 Å². The van der Waals surface area contributed by atoms with Crippen molar-refractivity contribution in [3.05, 3.63) is 54.7 Å². The molecule has 100 valence electrons. The summed E-state index contributed by atoms with van der Waals surface area (Å²) >= 11 is 0. The molecular weight excluding hydrogens is 260 g/mol. The van der Waals surface area contributed by atoms with Crippen LogP contribution in [-0.4, -0.2) is 14.6 Å². The Bertz CT molecular complexity index is 1150. The van der Waals surface area contributed by atoms with Gasteiger partial charge in [-0.3, -0.25) is 9.66 Å². The van der Waals surface area contributed by atoms with E-state index in [9.17, 15) is 0 Å². The number of rotatable bonds is 0. The average Bonchev–Trinajstić information content (AvgIpc) is 3.04. The summed E-state index contributed by atoms with van der Waals surface area (Å²) in [7, 11) is 0. The predicted molar refractivity (Wildman–Crippen MR) is 86.8 cm³/mol. The lowest BCUT2D eigenvalue weighted by molar-refractivity contribution is 1.11. The van der Waals surface area contributed by atoms with Gasteiger partial charge in [0.25, 0.3) is 0 Å². The van der Waals surface area contributed by atoms with Crippen LogP contribution in [0.2, 0.25) is 0 Å². The van der Waals surface area contributed by atoms with E-state index in [1.165, 1.54) is 0 Å². The maximum absolute atomic E-state index is 6.22. The number of aromatic amines is 1. The number of para-hydroxylation sites is 2. The van der Waals surface area contributed by atoms with E-state index < -0.39 is 0 Å². The Morgan fingerprint density at radius 2 is 1.67 bits per heavy atom. The van der Waals surface area contributed by atoms with Crippen LogP contribution in [0.5, 0.6) is 0 Å². The van der Waals surface area contributed by atoms with E-state index in [-0.39, 0.29) is 0 Å². The number of benzene rings is 2. The molecule has 0 aliphatic carbocycles. The van der Waals surface area contributed by atoms with Gasteiger partial charge in [-0.1, -0.05) is 36.4 Å². The van der Waals surface area contributed by atoms with E-state index in [1.807, 2.05) is 36.5 Å². The first-order chi connectivity index (χ1) is 10.3. The van der Waals surface area contributed by atoms with Crippen molar-refractivity contribution < 1.29 is 0 Å².